The summed E-state index contributed by atoms with van der Waals surface area (Å²) < 4.78 is 0. The first-order valence-electron chi connectivity index (χ1n) is 6.84. The van der Waals surface area contributed by atoms with Crippen molar-refractivity contribution in [3.63, 3.8) is 0 Å². The Balaban J connectivity index is 2.19. The third kappa shape index (κ3) is 2.89. The van der Waals surface area contributed by atoms with Crippen LogP contribution in [0.15, 0.2) is 0 Å². The van der Waals surface area contributed by atoms with Gasteiger partial charge < -0.3 is 15.7 Å². The summed E-state index contributed by atoms with van der Waals surface area (Å²) in [5, 5.41) is 9.35. The highest BCUT2D eigenvalue weighted by molar-refractivity contribution is 8.00. The largest absolute Gasteiger partial charge is 0.480 e. The fourth-order valence-corrected chi connectivity index (χ4v) is 4.23. The first-order chi connectivity index (χ1) is 8.97. The highest BCUT2D eigenvalue weighted by Crippen LogP contribution is 2.46. The van der Waals surface area contributed by atoms with Crippen LogP contribution >= 0.6 is 11.8 Å². The minimum Gasteiger partial charge on any atom is -0.480 e. The third-order valence-corrected chi connectivity index (χ3v) is 5.44. The summed E-state index contributed by atoms with van der Waals surface area (Å²) in [4.78, 5) is 25.6. The maximum atomic E-state index is 12.6. The highest BCUT2D eigenvalue weighted by Gasteiger charge is 2.49. The summed E-state index contributed by atoms with van der Waals surface area (Å²) in [6.07, 6.45) is 2.20. The lowest BCUT2D eigenvalue weighted by atomic mass is 9.93. The number of hydrogen-bond acceptors (Lipinski definition) is 4. The van der Waals surface area contributed by atoms with E-state index in [2.05, 4.69) is 0 Å². The Kier molecular flexibility index (Phi) is 4.40. The topological polar surface area (TPSA) is 83.6 Å². The molecule has 0 spiro atoms. The molecule has 1 saturated carbocycles. The van der Waals surface area contributed by atoms with Gasteiger partial charge in [0.1, 0.15) is 6.04 Å². The number of nitrogens with two attached hydrogens (primary N) is 1. The van der Waals surface area contributed by atoms with E-state index in [0.29, 0.717) is 11.7 Å². The van der Waals surface area contributed by atoms with E-state index < -0.39 is 12.0 Å². The Labute approximate surface area is 117 Å². The van der Waals surface area contributed by atoms with E-state index in [0.717, 1.165) is 12.8 Å². The molecular weight excluding hydrogens is 264 g/mol. The van der Waals surface area contributed by atoms with Crippen molar-refractivity contribution in [3.05, 3.63) is 0 Å². The predicted molar refractivity (Wildman–Crippen MR) is 74.6 cm³/mol. The molecule has 3 atom stereocenters. The van der Waals surface area contributed by atoms with Gasteiger partial charge in [-0.3, -0.25) is 4.79 Å². The Bertz CT molecular complexity index is 371. The van der Waals surface area contributed by atoms with Gasteiger partial charge in [0.2, 0.25) is 5.91 Å². The van der Waals surface area contributed by atoms with Crippen LogP contribution < -0.4 is 5.73 Å². The molecule has 108 valence electrons. The second kappa shape index (κ2) is 5.71. The molecule has 1 aliphatic carbocycles. The first kappa shape index (κ1) is 14.7. The van der Waals surface area contributed by atoms with Crippen LogP contribution in [0.3, 0.4) is 0 Å². The minimum absolute atomic E-state index is 0.0430. The number of amides is 1. The molecule has 2 fully saturated rings. The molecule has 1 amide bonds. The Morgan fingerprint density at radius 2 is 2.05 bits per heavy atom. The van der Waals surface area contributed by atoms with E-state index in [-0.39, 0.29) is 29.7 Å². The lowest BCUT2D eigenvalue weighted by Gasteiger charge is -2.32. The van der Waals surface area contributed by atoms with Crippen molar-refractivity contribution in [3.8, 4) is 0 Å². The summed E-state index contributed by atoms with van der Waals surface area (Å²) in [7, 11) is 0. The van der Waals surface area contributed by atoms with Gasteiger partial charge in [0.25, 0.3) is 0 Å². The third-order valence-electron chi connectivity index (χ3n) is 3.98. The fourth-order valence-electron chi connectivity index (χ4n) is 2.59. The van der Waals surface area contributed by atoms with E-state index in [4.69, 9.17) is 5.73 Å². The van der Waals surface area contributed by atoms with Crippen LogP contribution in [0.1, 0.15) is 26.7 Å². The minimum atomic E-state index is -0.900. The summed E-state index contributed by atoms with van der Waals surface area (Å²) in [5.41, 5.74) is 5.70. The molecule has 19 heavy (non-hydrogen) atoms. The van der Waals surface area contributed by atoms with Gasteiger partial charge in [-0.25, -0.2) is 4.79 Å². The molecule has 0 aromatic rings. The van der Waals surface area contributed by atoms with Crippen molar-refractivity contribution in [2.75, 3.05) is 12.3 Å². The predicted octanol–water partition coefficient (Wildman–Crippen LogP) is 0.982. The van der Waals surface area contributed by atoms with Crippen molar-refractivity contribution in [1.29, 1.82) is 0 Å². The zero-order chi connectivity index (χ0) is 14.2. The normalized spacial score (nSPS) is 28.7. The molecule has 0 radical (unpaired) electrons. The van der Waals surface area contributed by atoms with Gasteiger partial charge in [0.15, 0.2) is 0 Å². The lowest BCUT2D eigenvalue weighted by Crippen LogP contribution is -2.51. The maximum Gasteiger partial charge on any atom is 0.327 e. The van der Waals surface area contributed by atoms with Gasteiger partial charge in [-0.2, -0.15) is 0 Å². The van der Waals surface area contributed by atoms with Crippen LogP contribution in [-0.4, -0.2) is 45.6 Å². The second-order valence-corrected chi connectivity index (χ2v) is 6.90. The van der Waals surface area contributed by atoms with Gasteiger partial charge in [-0.05, 0) is 24.7 Å². The fraction of sp³-hybridized carbons (Fsp3) is 0.846. The number of rotatable bonds is 5. The van der Waals surface area contributed by atoms with Crippen molar-refractivity contribution < 1.29 is 14.7 Å². The van der Waals surface area contributed by atoms with E-state index in [1.165, 1.54) is 0 Å². The molecule has 0 aromatic carbocycles. The van der Waals surface area contributed by atoms with E-state index >= 15 is 0 Å². The van der Waals surface area contributed by atoms with Crippen molar-refractivity contribution in [2.24, 2.45) is 23.5 Å². The van der Waals surface area contributed by atoms with Gasteiger partial charge in [0.05, 0.1) is 11.3 Å². The number of thioether (sulfide) groups is 1. The van der Waals surface area contributed by atoms with Gasteiger partial charge >= 0.3 is 5.97 Å². The van der Waals surface area contributed by atoms with Crippen molar-refractivity contribution >= 4 is 23.6 Å². The summed E-state index contributed by atoms with van der Waals surface area (Å²) in [5.74, 6) is -0.143. The SMILES string of the molecule is CC(C)C(CN)C(=O)N1C(C(=O)O)CSC1C1CC1. The molecule has 0 bridgehead atoms. The Morgan fingerprint density at radius 1 is 1.42 bits per heavy atom. The Hall–Kier alpha value is -0.750. The first-order valence-corrected chi connectivity index (χ1v) is 7.88. The van der Waals surface area contributed by atoms with E-state index in [1.807, 2.05) is 13.8 Å². The molecule has 1 aliphatic heterocycles. The number of nitrogens with zero attached hydrogens (tertiary/aromatic N) is 1. The quantitative estimate of drug-likeness (QED) is 0.787. The maximum absolute atomic E-state index is 12.6. The second-order valence-electron chi connectivity index (χ2n) is 5.75. The number of aliphatic carboxylic acids is 1. The van der Waals surface area contributed by atoms with Crippen LogP contribution in [0, 0.1) is 17.8 Å². The van der Waals surface area contributed by atoms with Crippen LogP contribution in [0.2, 0.25) is 0 Å². The molecule has 3 unspecified atom stereocenters. The molecule has 3 N–H and O–H groups in total. The smallest absolute Gasteiger partial charge is 0.327 e. The van der Waals surface area contributed by atoms with Gasteiger partial charge in [0, 0.05) is 12.3 Å². The molecule has 2 rings (SSSR count). The zero-order valence-corrected chi connectivity index (χ0v) is 12.2. The molecule has 2 aliphatic rings. The standard InChI is InChI=1S/C13H22N2O3S/c1-7(2)9(5-14)11(16)15-10(13(17)18)6-19-12(15)8-3-4-8/h7-10,12H,3-6,14H2,1-2H3,(H,17,18). The number of carboxylic acid groups (broad SMARTS) is 1. The summed E-state index contributed by atoms with van der Waals surface area (Å²) in [6.45, 7) is 4.20. The summed E-state index contributed by atoms with van der Waals surface area (Å²) >= 11 is 1.61. The molecule has 0 aromatic heterocycles. The van der Waals surface area contributed by atoms with Crippen LogP contribution in [-0.2, 0) is 9.59 Å². The molecule has 6 heteroatoms. The molecular formula is C13H22N2O3S. The molecule has 1 saturated heterocycles. The van der Waals surface area contributed by atoms with Crippen LogP contribution in [0.4, 0.5) is 0 Å². The van der Waals surface area contributed by atoms with Gasteiger partial charge in [-0.15, -0.1) is 11.8 Å². The average molecular weight is 286 g/mol. The summed E-state index contributed by atoms with van der Waals surface area (Å²) in [6, 6.07) is -0.684. The molecule has 5 nitrogen and oxygen atoms in total. The van der Waals surface area contributed by atoms with E-state index in [9.17, 15) is 14.7 Å². The van der Waals surface area contributed by atoms with Crippen molar-refractivity contribution in [1.82, 2.24) is 4.90 Å². The average Bonchev–Trinajstić information content (AvgIpc) is 3.07. The Morgan fingerprint density at radius 3 is 2.47 bits per heavy atom. The van der Waals surface area contributed by atoms with E-state index in [1.54, 1.807) is 16.7 Å². The monoisotopic (exact) mass is 286 g/mol. The number of carbonyl (C=O) groups is 2. The number of carbonyl (C=O) groups excluding carboxylic acids is 1. The number of carboxylic acids is 1. The molecule has 1 heterocycles. The highest BCUT2D eigenvalue weighted by atomic mass is 32.2. The zero-order valence-electron chi connectivity index (χ0n) is 11.4. The van der Waals surface area contributed by atoms with Crippen LogP contribution in [0.25, 0.3) is 0 Å². The van der Waals surface area contributed by atoms with Gasteiger partial charge in [-0.1, -0.05) is 13.8 Å². The van der Waals surface area contributed by atoms with Crippen LogP contribution in [0.5, 0.6) is 0 Å². The van der Waals surface area contributed by atoms with Crippen molar-refractivity contribution in [2.45, 2.75) is 38.1 Å². The lowest BCUT2D eigenvalue weighted by molar-refractivity contribution is -0.151. The number of hydrogen-bond donors (Lipinski definition) is 2.